The predicted octanol–water partition coefficient (Wildman–Crippen LogP) is 15.9. The highest BCUT2D eigenvalue weighted by atomic mass is 16.5. The van der Waals surface area contributed by atoms with E-state index in [1.54, 1.807) is 0 Å². The molecule has 0 aliphatic rings. The van der Waals surface area contributed by atoms with Crippen LogP contribution in [0, 0.1) is 0 Å². The molecular weight excluding hydrogens is 791 g/mol. The first kappa shape index (κ1) is 60.5. The van der Waals surface area contributed by atoms with Crippen LogP contribution < -0.4 is 5.32 Å². The maximum atomic E-state index is 13.2. The monoisotopic (exact) mass is 888 g/mol. The van der Waals surface area contributed by atoms with Gasteiger partial charge in [0.2, 0.25) is 5.91 Å². The minimum atomic E-state index is -0.813. The molecular formula is C58H97NO5. The summed E-state index contributed by atoms with van der Waals surface area (Å²) in [5.41, 5.74) is 0. The summed E-state index contributed by atoms with van der Waals surface area (Å²) >= 11 is 0. The van der Waals surface area contributed by atoms with Crippen LogP contribution in [0.5, 0.6) is 0 Å². The van der Waals surface area contributed by atoms with Crippen LogP contribution >= 0.6 is 0 Å². The van der Waals surface area contributed by atoms with E-state index in [2.05, 4.69) is 80.8 Å². The first-order chi connectivity index (χ1) is 31.5. The van der Waals surface area contributed by atoms with E-state index in [1.807, 2.05) is 54.7 Å². The number of allylic oxidation sites excluding steroid dienone is 18. The van der Waals surface area contributed by atoms with Crippen LogP contribution in [0.25, 0.3) is 0 Å². The Bertz CT molecular complexity index is 1320. The molecule has 0 fully saturated rings. The van der Waals surface area contributed by atoms with Crippen LogP contribution in [-0.2, 0) is 14.3 Å². The average Bonchev–Trinajstić information content (AvgIpc) is 3.29. The van der Waals surface area contributed by atoms with Gasteiger partial charge < -0.3 is 20.3 Å². The van der Waals surface area contributed by atoms with E-state index in [0.29, 0.717) is 19.3 Å². The van der Waals surface area contributed by atoms with Gasteiger partial charge in [-0.15, -0.1) is 0 Å². The molecule has 3 atom stereocenters. The van der Waals surface area contributed by atoms with E-state index in [1.165, 1.54) is 83.5 Å². The average molecular weight is 888 g/mol. The zero-order valence-corrected chi connectivity index (χ0v) is 41.4. The Balaban J connectivity index is 4.67. The molecule has 3 N–H and O–H groups in total. The normalized spacial score (nSPS) is 14.1. The van der Waals surface area contributed by atoms with Gasteiger partial charge in [-0.05, 0) is 77.0 Å². The second-order valence-corrected chi connectivity index (χ2v) is 17.3. The first-order valence-electron chi connectivity index (χ1n) is 26.2. The van der Waals surface area contributed by atoms with Crippen molar-refractivity contribution < 1.29 is 24.5 Å². The van der Waals surface area contributed by atoms with Gasteiger partial charge in [0.15, 0.2) is 0 Å². The second kappa shape index (κ2) is 50.5. The molecule has 6 heteroatoms. The van der Waals surface area contributed by atoms with Gasteiger partial charge in [0.1, 0.15) is 6.10 Å². The molecule has 0 aliphatic heterocycles. The van der Waals surface area contributed by atoms with Crippen molar-refractivity contribution in [2.24, 2.45) is 0 Å². The van der Waals surface area contributed by atoms with Gasteiger partial charge in [0, 0.05) is 6.42 Å². The minimum absolute atomic E-state index is 0.0264. The molecule has 0 saturated heterocycles. The molecule has 0 aromatic carbocycles. The molecule has 0 bridgehead atoms. The number of nitrogens with one attached hydrogen (secondary N) is 1. The molecule has 0 rings (SSSR count). The van der Waals surface area contributed by atoms with Crippen LogP contribution in [0.4, 0.5) is 0 Å². The number of ether oxygens (including phenoxy) is 1. The van der Waals surface area contributed by atoms with Gasteiger partial charge in [0.25, 0.3) is 0 Å². The SMILES string of the molecule is CC\C=C/C=C/C=C/C=C\C=C\C=C\CCCCCC(=O)OC(CCCC/C=C/C/C=C/C/C=C/CC)CC(=O)NC(CO)C(O)CCCCCCCCCCCCCCCCCC. The Labute approximate surface area is 394 Å². The second-order valence-electron chi connectivity index (χ2n) is 17.3. The molecule has 3 unspecified atom stereocenters. The fourth-order valence-corrected chi connectivity index (χ4v) is 7.36. The number of aliphatic hydroxyl groups excluding tert-OH is 2. The lowest BCUT2D eigenvalue weighted by Gasteiger charge is -2.24. The van der Waals surface area contributed by atoms with Crippen LogP contribution in [-0.4, -0.2) is 46.9 Å². The summed E-state index contributed by atoms with van der Waals surface area (Å²) in [5.74, 6) is -0.573. The van der Waals surface area contributed by atoms with Crippen molar-refractivity contribution in [1.82, 2.24) is 5.32 Å². The molecule has 0 aliphatic carbocycles. The van der Waals surface area contributed by atoms with E-state index >= 15 is 0 Å². The Morgan fingerprint density at radius 1 is 0.484 bits per heavy atom. The van der Waals surface area contributed by atoms with Crippen molar-refractivity contribution in [1.29, 1.82) is 0 Å². The highest BCUT2D eigenvalue weighted by molar-refractivity contribution is 5.77. The topological polar surface area (TPSA) is 95.9 Å². The predicted molar refractivity (Wildman–Crippen MR) is 277 cm³/mol. The minimum Gasteiger partial charge on any atom is -0.462 e. The van der Waals surface area contributed by atoms with Crippen molar-refractivity contribution in [3.8, 4) is 0 Å². The van der Waals surface area contributed by atoms with Gasteiger partial charge in [-0.25, -0.2) is 0 Å². The molecule has 0 aromatic rings. The van der Waals surface area contributed by atoms with Crippen molar-refractivity contribution in [3.63, 3.8) is 0 Å². The van der Waals surface area contributed by atoms with Gasteiger partial charge in [0.05, 0.1) is 25.2 Å². The van der Waals surface area contributed by atoms with E-state index < -0.39 is 18.2 Å². The molecule has 6 nitrogen and oxygen atoms in total. The Morgan fingerprint density at radius 3 is 1.47 bits per heavy atom. The van der Waals surface area contributed by atoms with Gasteiger partial charge in [-0.2, -0.15) is 0 Å². The lowest BCUT2D eigenvalue weighted by atomic mass is 10.0. The molecule has 0 saturated carbocycles. The number of amides is 1. The third kappa shape index (κ3) is 45.1. The number of aliphatic hydroxyl groups is 2. The zero-order chi connectivity index (χ0) is 46.7. The van der Waals surface area contributed by atoms with Crippen molar-refractivity contribution in [2.45, 2.75) is 238 Å². The van der Waals surface area contributed by atoms with Crippen molar-refractivity contribution >= 4 is 11.9 Å². The van der Waals surface area contributed by atoms with Crippen LogP contribution in [0.3, 0.4) is 0 Å². The third-order valence-electron chi connectivity index (χ3n) is 11.3. The van der Waals surface area contributed by atoms with E-state index in [-0.39, 0.29) is 24.9 Å². The van der Waals surface area contributed by atoms with E-state index in [4.69, 9.17) is 4.74 Å². The standard InChI is InChI=1S/C58H97NO5/c1-4-7-10-13-16-19-22-25-27-29-31-33-36-39-42-45-48-51-58(63)64-54(49-46-43-40-37-34-24-21-18-15-12-9-6-3)52-57(62)59-55(53-60)56(61)50-47-44-41-38-35-32-30-28-26-23-20-17-14-11-8-5-2/h7,9-10,12-13,16,18-19,21-22,25,27,29,31,33-34,36-37,54-56,60-61H,4-6,8,11,14-15,17,20,23-24,26,28,30,32,35,38-53H2,1-3H3,(H,59,62)/b10-7-,12-9+,16-13+,21-18+,22-19+,27-25-,31-29+,36-33+,37-34+. The van der Waals surface area contributed by atoms with Gasteiger partial charge in [-0.1, -0.05) is 239 Å². The summed E-state index contributed by atoms with van der Waals surface area (Å²) in [6.45, 7) is 6.20. The zero-order valence-electron chi connectivity index (χ0n) is 41.4. The number of hydrogen-bond donors (Lipinski definition) is 3. The molecule has 0 radical (unpaired) electrons. The smallest absolute Gasteiger partial charge is 0.306 e. The summed E-state index contributed by atoms with van der Waals surface area (Å²) in [7, 11) is 0. The summed E-state index contributed by atoms with van der Waals surface area (Å²) in [6, 6.07) is -0.731. The van der Waals surface area contributed by atoms with Gasteiger partial charge in [-0.3, -0.25) is 9.59 Å². The first-order valence-corrected chi connectivity index (χ1v) is 26.2. The Hall–Kier alpha value is -3.48. The summed E-state index contributed by atoms with van der Waals surface area (Å²) in [4.78, 5) is 26.1. The van der Waals surface area contributed by atoms with Crippen molar-refractivity contribution in [3.05, 3.63) is 109 Å². The van der Waals surface area contributed by atoms with Crippen LogP contribution in [0.1, 0.15) is 220 Å². The van der Waals surface area contributed by atoms with E-state index in [0.717, 1.165) is 89.9 Å². The fraction of sp³-hybridized carbons (Fsp3) is 0.655. The Morgan fingerprint density at radius 2 is 0.922 bits per heavy atom. The maximum absolute atomic E-state index is 13.2. The number of esters is 1. The molecule has 1 amide bonds. The highest BCUT2D eigenvalue weighted by Gasteiger charge is 2.24. The molecule has 364 valence electrons. The van der Waals surface area contributed by atoms with Gasteiger partial charge >= 0.3 is 5.97 Å². The lowest BCUT2D eigenvalue weighted by molar-refractivity contribution is -0.151. The van der Waals surface area contributed by atoms with Crippen LogP contribution in [0.2, 0.25) is 0 Å². The third-order valence-corrected chi connectivity index (χ3v) is 11.3. The number of hydrogen-bond acceptors (Lipinski definition) is 5. The van der Waals surface area contributed by atoms with E-state index in [9.17, 15) is 19.8 Å². The number of carbonyl (C=O) groups is 2. The Kier molecular flexibility index (Phi) is 47.8. The molecule has 0 spiro atoms. The fourth-order valence-electron chi connectivity index (χ4n) is 7.36. The quantitative estimate of drug-likeness (QED) is 0.0245. The molecule has 0 aromatic heterocycles. The molecule has 0 heterocycles. The lowest BCUT2D eigenvalue weighted by Crippen LogP contribution is -2.46. The largest absolute Gasteiger partial charge is 0.462 e. The summed E-state index contributed by atoms with van der Waals surface area (Å²) in [5, 5.41) is 23.8. The summed E-state index contributed by atoms with van der Waals surface area (Å²) < 4.78 is 5.89. The van der Waals surface area contributed by atoms with Crippen LogP contribution in [0.15, 0.2) is 109 Å². The van der Waals surface area contributed by atoms with Crippen molar-refractivity contribution in [2.75, 3.05) is 6.61 Å². The summed E-state index contributed by atoms with van der Waals surface area (Å²) in [6.07, 6.45) is 68.6. The molecule has 64 heavy (non-hydrogen) atoms. The number of unbranched alkanes of at least 4 members (excludes halogenated alkanes) is 20. The maximum Gasteiger partial charge on any atom is 0.306 e. The highest BCUT2D eigenvalue weighted by Crippen LogP contribution is 2.17. The number of rotatable bonds is 45. The number of carbonyl (C=O) groups excluding carboxylic acids is 2.